The lowest BCUT2D eigenvalue weighted by Crippen LogP contribution is -2.25. The summed E-state index contributed by atoms with van der Waals surface area (Å²) in [5, 5.41) is 4.64. The normalized spacial score (nSPS) is 24.5. The molecule has 3 heteroatoms. The van der Waals surface area contributed by atoms with Gasteiger partial charge in [-0.3, -0.25) is 4.68 Å². The maximum Gasteiger partial charge on any atom is 0.0628 e. The van der Waals surface area contributed by atoms with Gasteiger partial charge in [-0.1, -0.05) is 13.3 Å². The highest BCUT2D eigenvalue weighted by Crippen LogP contribution is 2.27. The van der Waals surface area contributed by atoms with Crippen molar-refractivity contribution in [3.8, 4) is 0 Å². The first kappa shape index (κ1) is 12.6. The summed E-state index contributed by atoms with van der Waals surface area (Å²) >= 11 is 0. The average Bonchev–Trinajstić information content (AvgIpc) is 2.81. The van der Waals surface area contributed by atoms with Crippen molar-refractivity contribution in [2.45, 2.75) is 65.5 Å². The van der Waals surface area contributed by atoms with E-state index in [0.29, 0.717) is 12.0 Å². The van der Waals surface area contributed by atoms with E-state index in [4.69, 9.17) is 5.73 Å². The second-order valence-electron chi connectivity index (χ2n) is 5.37. The predicted octanol–water partition coefficient (Wildman–Crippen LogP) is 2.58. The molecule has 1 aliphatic rings. The molecule has 2 rings (SSSR count). The van der Waals surface area contributed by atoms with E-state index in [0.717, 1.165) is 13.0 Å². The van der Waals surface area contributed by atoms with Crippen LogP contribution in [0.3, 0.4) is 0 Å². The Labute approximate surface area is 104 Å². The lowest BCUT2D eigenvalue weighted by Gasteiger charge is -2.15. The Kier molecular flexibility index (Phi) is 3.87. The topological polar surface area (TPSA) is 43.8 Å². The van der Waals surface area contributed by atoms with Crippen molar-refractivity contribution in [2.24, 2.45) is 11.7 Å². The van der Waals surface area contributed by atoms with Gasteiger partial charge in [0.15, 0.2) is 0 Å². The van der Waals surface area contributed by atoms with Crippen LogP contribution in [0.4, 0.5) is 0 Å². The molecule has 0 radical (unpaired) electrons. The Hall–Kier alpha value is -0.830. The van der Waals surface area contributed by atoms with Gasteiger partial charge >= 0.3 is 0 Å². The largest absolute Gasteiger partial charge is 0.327 e. The molecular formula is C14H25N3. The zero-order valence-electron chi connectivity index (χ0n) is 11.4. The first-order chi connectivity index (χ1) is 8.13. The molecule has 2 N–H and O–H groups in total. The van der Waals surface area contributed by atoms with Gasteiger partial charge in [0.25, 0.3) is 0 Å². The summed E-state index contributed by atoms with van der Waals surface area (Å²) in [4.78, 5) is 0. The van der Waals surface area contributed by atoms with Crippen LogP contribution in [-0.4, -0.2) is 15.8 Å². The first-order valence-electron chi connectivity index (χ1n) is 6.92. The van der Waals surface area contributed by atoms with Gasteiger partial charge in [-0.15, -0.1) is 0 Å². The summed E-state index contributed by atoms with van der Waals surface area (Å²) in [5.41, 5.74) is 10.1. The Morgan fingerprint density at radius 2 is 2.12 bits per heavy atom. The van der Waals surface area contributed by atoms with Gasteiger partial charge in [-0.25, -0.2) is 0 Å². The highest BCUT2D eigenvalue weighted by molar-refractivity contribution is 5.24. The van der Waals surface area contributed by atoms with Gasteiger partial charge < -0.3 is 5.73 Å². The fourth-order valence-electron chi connectivity index (χ4n) is 3.18. The lowest BCUT2D eigenvalue weighted by molar-refractivity contribution is 0.399. The van der Waals surface area contributed by atoms with E-state index < -0.39 is 0 Å². The van der Waals surface area contributed by atoms with E-state index in [1.54, 1.807) is 0 Å². The molecule has 1 aromatic heterocycles. The molecule has 17 heavy (non-hydrogen) atoms. The predicted molar refractivity (Wildman–Crippen MR) is 71.0 cm³/mol. The number of hydrogen-bond donors (Lipinski definition) is 1. The molecule has 0 amide bonds. The zero-order valence-corrected chi connectivity index (χ0v) is 11.4. The van der Waals surface area contributed by atoms with Gasteiger partial charge in [-0.05, 0) is 51.0 Å². The minimum absolute atomic E-state index is 0.428. The second kappa shape index (κ2) is 5.21. The van der Waals surface area contributed by atoms with Gasteiger partial charge in [0.05, 0.1) is 5.69 Å². The number of hydrogen-bond acceptors (Lipinski definition) is 2. The Bertz CT molecular complexity index is 381. The summed E-state index contributed by atoms with van der Waals surface area (Å²) in [6.07, 6.45) is 6.10. The van der Waals surface area contributed by atoms with E-state index in [1.165, 1.54) is 42.6 Å². The third-order valence-electron chi connectivity index (χ3n) is 4.31. The summed E-state index contributed by atoms with van der Waals surface area (Å²) < 4.78 is 2.18. The maximum atomic E-state index is 6.11. The van der Waals surface area contributed by atoms with Crippen LogP contribution >= 0.6 is 0 Å². The van der Waals surface area contributed by atoms with Gasteiger partial charge in [0, 0.05) is 18.3 Å². The lowest BCUT2D eigenvalue weighted by atomic mass is 10.0. The molecule has 3 nitrogen and oxygen atoms in total. The summed E-state index contributed by atoms with van der Waals surface area (Å²) in [5.74, 6) is 0.712. The zero-order chi connectivity index (χ0) is 12.4. The highest BCUT2D eigenvalue weighted by atomic mass is 15.3. The fraction of sp³-hybridized carbons (Fsp3) is 0.786. The molecule has 2 atom stereocenters. The quantitative estimate of drug-likeness (QED) is 0.871. The van der Waals surface area contributed by atoms with Crippen LogP contribution in [-0.2, 0) is 13.0 Å². The molecule has 1 heterocycles. The third kappa shape index (κ3) is 2.54. The molecule has 0 aliphatic heterocycles. The maximum absolute atomic E-state index is 6.11. The van der Waals surface area contributed by atoms with Crippen molar-refractivity contribution in [2.75, 3.05) is 0 Å². The molecule has 0 bridgehead atoms. The van der Waals surface area contributed by atoms with Crippen LogP contribution in [0, 0.1) is 19.8 Å². The van der Waals surface area contributed by atoms with Crippen molar-refractivity contribution >= 4 is 0 Å². The average molecular weight is 235 g/mol. The number of rotatable bonds is 4. The second-order valence-corrected chi connectivity index (χ2v) is 5.37. The smallest absolute Gasteiger partial charge is 0.0628 e. The summed E-state index contributed by atoms with van der Waals surface area (Å²) in [6.45, 7) is 7.54. The van der Waals surface area contributed by atoms with Crippen molar-refractivity contribution in [1.82, 2.24) is 9.78 Å². The summed E-state index contributed by atoms with van der Waals surface area (Å²) in [6, 6.07) is 0.428. The Morgan fingerprint density at radius 1 is 1.35 bits per heavy atom. The van der Waals surface area contributed by atoms with E-state index >= 15 is 0 Å². The molecule has 1 fully saturated rings. The van der Waals surface area contributed by atoms with Crippen LogP contribution in [0.5, 0.6) is 0 Å². The van der Waals surface area contributed by atoms with E-state index in [2.05, 4.69) is 30.6 Å². The monoisotopic (exact) mass is 235 g/mol. The van der Waals surface area contributed by atoms with E-state index in [9.17, 15) is 0 Å². The molecule has 1 saturated carbocycles. The van der Waals surface area contributed by atoms with Gasteiger partial charge in [0.1, 0.15) is 0 Å². The molecule has 96 valence electrons. The van der Waals surface area contributed by atoms with E-state index in [1.807, 2.05) is 0 Å². The van der Waals surface area contributed by atoms with Gasteiger partial charge in [0.2, 0.25) is 0 Å². The molecule has 1 aliphatic carbocycles. The number of nitrogens with zero attached hydrogens (tertiary/aromatic N) is 2. The highest BCUT2D eigenvalue weighted by Gasteiger charge is 2.23. The minimum Gasteiger partial charge on any atom is -0.327 e. The number of nitrogens with two attached hydrogens (primary N) is 1. The molecule has 0 saturated heterocycles. The van der Waals surface area contributed by atoms with Crippen molar-refractivity contribution in [3.63, 3.8) is 0 Å². The molecule has 0 aromatic carbocycles. The van der Waals surface area contributed by atoms with Crippen LogP contribution in [0.2, 0.25) is 0 Å². The fourth-order valence-corrected chi connectivity index (χ4v) is 3.18. The Balaban J connectivity index is 1.99. The van der Waals surface area contributed by atoms with E-state index in [-0.39, 0.29) is 0 Å². The molecule has 1 aromatic rings. The van der Waals surface area contributed by atoms with Crippen LogP contribution in [0.15, 0.2) is 0 Å². The van der Waals surface area contributed by atoms with Crippen molar-refractivity contribution < 1.29 is 0 Å². The molecule has 0 spiro atoms. The summed E-state index contributed by atoms with van der Waals surface area (Å²) in [7, 11) is 0. The third-order valence-corrected chi connectivity index (χ3v) is 4.31. The van der Waals surface area contributed by atoms with Crippen LogP contribution in [0.1, 0.15) is 49.6 Å². The van der Waals surface area contributed by atoms with Crippen LogP contribution < -0.4 is 5.73 Å². The number of aryl methyl sites for hydroxylation is 2. The Morgan fingerprint density at radius 3 is 2.65 bits per heavy atom. The van der Waals surface area contributed by atoms with Crippen molar-refractivity contribution in [3.05, 3.63) is 17.0 Å². The minimum atomic E-state index is 0.428. The first-order valence-corrected chi connectivity index (χ1v) is 6.92. The van der Waals surface area contributed by atoms with Crippen LogP contribution in [0.25, 0.3) is 0 Å². The standard InChI is InChI=1S/C14H25N3/c1-4-13-10(2)16-17(11(13)3)9-8-12-6-5-7-14(12)15/h12,14H,4-9,15H2,1-3H3. The molecular weight excluding hydrogens is 210 g/mol. The SMILES string of the molecule is CCc1c(C)nn(CCC2CCCC2N)c1C. The van der Waals surface area contributed by atoms with Gasteiger partial charge in [-0.2, -0.15) is 5.10 Å². The number of aromatic nitrogens is 2. The molecule has 2 unspecified atom stereocenters. The van der Waals surface area contributed by atoms with Crippen molar-refractivity contribution in [1.29, 1.82) is 0 Å².